The number of carbonyl (C=O) groups excluding carboxylic acids is 1. The maximum Gasteiger partial charge on any atom is 0.184 e. The highest BCUT2D eigenvalue weighted by Gasteiger charge is 2.02. The van der Waals surface area contributed by atoms with E-state index >= 15 is 0 Å². The Morgan fingerprint density at radius 3 is 2.56 bits per heavy atom. The molecule has 5 nitrogen and oxygen atoms in total. The first-order valence-corrected chi connectivity index (χ1v) is 4.81. The summed E-state index contributed by atoms with van der Waals surface area (Å²) in [6, 6.07) is 6.89. The molecule has 3 N–H and O–H groups in total. The topological polar surface area (TPSA) is 76.7 Å². The van der Waals surface area contributed by atoms with Gasteiger partial charge in [0.25, 0.3) is 0 Å². The summed E-state index contributed by atoms with van der Waals surface area (Å²) in [6.07, 6.45) is 0.618. The zero-order valence-corrected chi connectivity index (χ0v) is 9.45. The number of nitrogens with two attached hydrogens (primary N) is 1. The molecule has 0 aliphatic heterocycles. The highest BCUT2D eigenvalue weighted by Crippen LogP contribution is 2.11. The summed E-state index contributed by atoms with van der Waals surface area (Å²) in [5.41, 5.74) is 8.43. The van der Waals surface area contributed by atoms with Crippen molar-refractivity contribution in [3.05, 3.63) is 29.8 Å². The minimum Gasteiger partial charge on any atom is -0.497 e. The van der Waals surface area contributed by atoms with Gasteiger partial charge in [0.15, 0.2) is 11.4 Å². The van der Waals surface area contributed by atoms with E-state index in [2.05, 4.69) is 22.7 Å². The Bertz CT molecular complexity index is 415. The summed E-state index contributed by atoms with van der Waals surface area (Å²) >= 11 is 4.57. The van der Waals surface area contributed by atoms with Gasteiger partial charge in [0.2, 0.25) is 0 Å². The van der Waals surface area contributed by atoms with E-state index in [4.69, 9.17) is 10.5 Å². The van der Waals surface area contributed by atoms with Crippen LogP contribution < -0.4 is 15.9 Å². The molecule has 6 heteroatoms. The molecule has 0 atom stereocenters. The number of hydrogen-bond donors (Lipinski definition) is 2. The number of hydrogen-bond acceptors (Lipinski definition) is 4. The third-order valence-electron chi connectivity index (χ3n) is 1.78. The predicted molar refractivity (Wildman–Crippen MR) is 65.5 cm³/mol. The van der Waals surface area contributed by atoms with Crippen LogP contribution in [0, 0.1) is 0 Å². The Kier molecular flexibility index (Phi) is 4.41. The first kappa shape index (κ1) is 12.1. The van der Waals surface area contributed by atoms with Crippen molar-refractivity contribution in [2.75, 3.05) is 7.11 Å². The molecule has 1 aromatic rings. The first-order chi connectivity index (χ1) is 7.67. The predicted octanol–water partition coefficient (Wildman–Crippen LogP) is 0.431. The highest BCUT2D eigenvalue weighted by atomic mass is 32.1. The Morgan fingerprint density at radius 1 is 1.50 bits per heavy atom. The molecule has 16 heavy (non-hydrogen) atoms. The third kappa shape index (κ3) is 3.32. The van der Waals surface area contributed by atoms with Crippen LogP contribution in [0.5, 0.6) is 5.75 Å². The average molecular weight is 237 g/mol. The molecule has 0 fully saturated rings. The molecule has 0 amide bonds. The maximum atomic E-state index is 10.8. The molecule has 0 saturated carbocycles. The number of nitrogens with zero attached hydrogens (tertiary/aromatic N) is 1. The van der Waals surface area contributed by atoms with Crippen LogP contribution >= 0.6 is 12.2 Å². The van der Waals surface area contributed by atoms with Crippen molar-refractivity contribution in [3.63, 3.8) is 0 Å². The second kappa shape index (κ2) is 5.82. The molecule has 0 unspecified atom stereocenters. The van der Waals surface area contributed by atoms with Crippen molar-refractivity contribution in [3.8, 4) is 5.75 Å². The van der Waals surface area contributed by atoms with Crippen molar-refractivity contribution < 1.29 is 9.53 Å². The van der Waals surface area contributed by atoms with E-state index in [0.717, 1.165) is 0 Å². The van der Waals surface area contributed by atoms with Crippen molar-refractivity contribution >= 4 is 29.3 Å². The van der Waals surface area contributed by atoms with Gasteiger partial charge < -0.3 is 10.5 Å². The number of methoxy groups -OCH3 is 1. The van der Waals surface area contributed by atoms with Crippen LogP contribution in [0.15, 0.2) is 29.4 Å². The number of benzene rings is 1. The van der Waals surface area contributed by atoms with Crippen LogP contribution in [0.3, 0.4) is 0 Å². The van der Waals surface area contributed by atoms with Crippen molar-refractivity contribution in [1.82, 2.24) is 5.43 Å². The molecule has 0 heterocycles. The number of hydrazone groups is 1. The summed E-state index contributed by atoms with van der Waals surface area (Å²) in [5, 5.41) is 3.77. The monoisotopic (exact) mass is 237 g/mol. The zero-order valence-electron chi connectivity index (χ0n) is 8.64. The molecule has 0 aromatic heterocycles. The van der Waals surface area contributed by atoms with Gasteiger partial charge in [-0.2, -0.15) is 5.10 Å². The molecule has 0 saturated heterocycles. The summed E-state index contributed by atoms with van der Waals surface area (Å²) in [7, 11) is 1.57. The molecule has 1 rings (SSSR count). The second-order valence-corrected chi connectivity index (χ2v) is 3.26. The van der Waals surface area contributed by atoms with Crippen molar-refractivity contribution in [1.29, 1.82) is 0 Å². The van der Waals surface area contributed by atoms with Crippen LogP contribution in [0.25, 0.3) is 0 Å². The Labute approximate surface area is 98.3 Å². The number of carbonyl (C=O) groups is 1. The largest absolute Gasteiger partial charge is 0.497 e. The Hall–Kier alpha value is -1.95. The normalized spacial score (nSPS) is 10.7. The fourth-order valence-corrected chi connectivity index (χ4v) is 1.08. The van der Waals surface area contributed by atoms with Gasteiger partial charge >= 0.3 is 0 Å². The number of ether oxygens (including phenoxy) is 1. The molecular formula is C10H11N3O2S. The lowest BCUT2D eigenvalue weighted by atomic mass is 10.1. The lowest BCUT2D eigenvalue weighted by Gasteiger charge is -2.02. The van der Waals surface area contributed by atoms with Gasteiger partial charge in [-0.05, 0) is 36.5 Å². The lowest BCUT2D eigenvalue weighted by molar-refractivity contribution is -0.102. The number of rotatable bonds is 4. The standard InChI is InChI=1S/C10H11N3O2S/c1-15-8-4-2-7(3-5-8)9(6-14)12-13-10(11)16/h2-6H,1H3,(H3,11,13,16). The number of aldehydes is 1. The molecule has 0 radical (unpaired) electrons. The van der Waals surface area contributed by atoms with E-state index in [0.29, 0.717) is 17.6 Å². The Balaban J connectivity index is 2.90. The Morgan fingerprint density at radius 2 is 2.12 bits per heavy atom. The van der Waals surface area contributed by atoms with E-state index in [-0.39, 0.29) is 10.8 Å². The van der Waals surface area contributed by atoms with Crippen LogP contribution in [-0.4, -0.2) is 24.2 Å². The molecule has 0 aliphatic carbocycles. The maximum absolute atomic E-state index is 10.8. The summed E-state index contributed by atoms with van der Waals surface area (Å²) in [5.74, 6) is 0.705. The van der Waals surface area contributed by atoms with Crippen molar-refractivity contribution in [2.24, 2.45) is 10.8 Å². The summed E-state index contributed by atoms with van der Waals surface area (Å²) in [6.45, 7) is 0. The van der Waals surface area contributed by atoms with Crippen LogP contribution in [0.4, 0.5) is 0 Å². The van der Waals surface area contributed by atoms with Crippen LogP contribution in [0.1, 0.15) is 5.56 Å². The smallest absolute Gasteiger partial charge is 0.184 e. The molecule has 0 spiro atoms. The van der Waals surface area contributed by atoms with Gasteiger partial charge in [-0.1, -0.05) is 0 Å². The van der Waals surface area contributed by atoms with Gasteiger partial charge in [-0.3, -0.25) is 10.2 Å². The number of nitrogens with one attached hydrogen (secondary N) is 1. The molecule has 1 aromatic carbocycles. The highest BCUT2D eigenvalue weighted by molar-refractivity contribution is 7.80. The van der Waals surface area contributed by atoms with Gasteiger partial charge in [-0.25, -0.2) is 0 Å². The van der Waals surface area contributed by atoms with Crippen molar-refractivity contribution in [2.45, 2.75) is 0 Å². The molecule has 0 aliphatic rings. The SMILES string of the molecule is COc1ccc(C(C=O)=NNC(N)=S)cc1. The molecule has 84 valence electrons. The minimum absolute atomic E-state index is 0.00728. The zero-order chi connectivity index (χ0) is 12.0. The quantitative estimate of drug-likeness (QED) is 0.344. The minimum atomic E-state index is 0.00728. The molecule has 0 bridgehead atoms. The lowest BCUT2D eigenvalue weighted by Crippen LogP contribution is -2.26. The van der Waals surface area contributed by atoms with Crippen LogP contribution in [-0.2, 0) is 4.79 Å². The van der Waals surface area contributed by atoms with E-state index in [1.165, 1.54) is 0 Å². The van der Waals surface area contributed by atoms with Gasteiger partial charge in [0, 0.05) is 5.56 Å². The third-order valence-corrected chi connectivity index (χ3v) is 1.88. The molecular weight excluding hydrogens is 226 g/mol. The summed E-state index contributed by atoms with van der Waals surface area (Å²) in [4.78, 5) is 10.8. The average Bonchev–Trinajstić information content (AvgIpc) is 2.30. The second-order valence-electron chi connectivity index (χ2n) is 2.82. The van der Waals surface area contributed by atoms with Gasteiger partial charge in [-0.15, -0.1) is 0 Å². The van der Waals surface area contributed by atoms with Gasteiger partial charge in [0.05, 0.1) is 7.11 Å². The van der Waals surface area contributed by atoms with Gasteiger partial charge in [0.1, 0.15) is 11.5 Å². The van der Waals surface area contributed by atoms with Crippen LogP contribution in [0.2, 0.25) is 0 Å². The number of thiocarbonyl (C=S) groups is 1. The fraction of sp³-hybridized carbons (Fsp3) is 0.100. The summed E-state index contributed by atoms with van der Waals surface area (Å²) < 4.78 is 5.00. The van der Waals surface area contributed by atoms with E-state index in [9.17, 15) is 4.79 Å². The first-order valence-electron chi connectivity index (χ1n) is 4.40. The van der Waals surface area contributed by atoms with E-state index in [1.807, 2.05) is 0 Å². The van der Waals surface area contributed by atoms with E-state index < -0.39 is 0 Å². The van der Waals surface area contributed by atoms with E-state index in [1.54, 1.807) is 31.4 Å². The fourth-order valence-electron chi connectivity index (χ4n) is 1.04.